The van der Waals surface area contributed by atoms with Gasteiger partial charge in [0.25, 0.3) is 0 Å². The summed E-state index contributed by atoms with van der Waals surface area (Å²) in [5, 5.41) is 15.1. The molecule has 1 aromatic rings. The standard InChI is InChI=1S/C14H20N2O2/c17-10-12-3-1-11(2-4-12)9-15-7-8-16-14(18)13-5-6-13/h1-4,13,15,17H,5-10H2,(H,16,18). The predicted octanol–water partition coefficient (Wildman–Crippen LogP) is 0.795. The number of carbonyl (C=O) groups excluding carboxylic acids is 1. The summed E-state index contributed by atoms with van der Waals surface area (Å²) >= 11 is 0. The van der Waals surface area contributed by atoms with Crippen LogP contribution in [0.3, 0.4) is 0 Å². The highest BCUT2D eigenvalue weighted by atomic mass is 16.3. The first-order chi connectivity index (χ1) is 8.79. The molecule has 18 heavy (non-hydrogen) atoms. The van der Waals surface area contributed by atoms with Crippen molar-refractivity contribution in [3.05, 3.63) is 35.4 Å². The lowest BCUT2D eigenvalue weighted by molar-refractivity contribution is -0.122. The highest BCUT2D eigenvalue weighted by Gasteiger charge is 2.28. The largest absolute Gasteiger partial charge is 0.392 e. The van der Waals surface area contributed by atoms with E-state index in [4.69, 9.17) is 5.11 Å². The monoisotopic (exact) mass is 248 g/mol. The fraction of sp³-hybridized carbons (Fsp3) is 0.500. The third kappa shape index (κ3) is 4.13. The maximum Gasteiger partial charge on any atom is 0.223 e. The van der Waals surface area contributed by atoms with Crippen molar-refractivity contribution in [1.82, 2.24) is 10.6 Å². The molecule has 1 saturated carbocycles. The fourth-order valence-electron chi connectivity index (χ4n) is 1.76. The molecular weight excluding hydrogens is 228 g/mol. The van der Waals surface area contributed by atoms with Gasteiger partial charge in [-0.1, -0.05) is 24.3 Å². The van der Waals surface area contributed by atoms with Crippen LogP contribution in [0.4, 0.5) is 0 Å². The number of nitrogens with one attached hydrogen (secondary N) is 2. The van der Waals surface area contributed by atoms with Crippen LogP contribution in [-0.2, 0) is 17.9 Å². The first kappa shape index (κ1) is 13.1. The lowest BCUT2D eigenvalue weighted by Gasteiger charge is -2.07. The van der Waals surface area contributed by atoms with Crippen molar-refractivity contribution in [1.29, 1.82) is 0 Å². The van der Waals surface area contributed by atoms with Gasteiger partial charge in [-0.15, -0.1) is 0 Å². The summed E-state index contributed by atoms with van der Waals surface area (Å²) in [5.41, 5.74) is 2.11. The van der Waals surface area contributed by atoms with Crippen molar-refractivity contribution in [2.75, 3.05) is 13.1 Å². The first-order valence-electron chi connectivity index (χ1n) is 6.46. The Morgan fingerprint density at radius 3 is 2.44 bits per heavy atom. The van der Waals surface area contributed by atoms with Crippen LogP contribution < -0.4 is 10.6 Å². The van der Waals surface area contributed by atoms with Crippen molar-refractivity contribution in [3.8, 4) is 0 Å². The van der Waals surface area contributed by atoms with Gasteiger partial charge in [-0.25, -0.2) is 0 Å². The Morgan fingerprint density at radius 2 is 1.83 bits per heavy atom. The number of aliphatic hydroxyl groups excluding tert-OH is 1. The molecule has 0 heterocycles. The third-order valence-corrected chi connectivity index (χ3v) is 3.08. The second-order valence-corrected chi connectivity index (χ2v) is 4.72. The maximum absolute atomic E-state index is 11.3. The van der Waals surface area contributed by atoms with Gasteiger partial charge in [0, 0.05) is 25.6 Å². The molecule has 1 aliphatic rings. The van der Waals surface area contributed by atoms with Crippen LogP contribution in [0.5, 0.6) is 0 Å². The molecule has 3 N–H and O–H groups in total. The van der Waals surface area contributed by atoms with E-state index in [1.54, 1.807) is 0 Å². The molecule has 2 rings (SSSR count). The van der Waals surface area contributed by atoms with Crippen LogP contribution in [0, 0.1) is 5.92 Å². The summed E-state index contributed by atoms with van der Waals surface area (Å²) < 4.78 is 0. The molecule has 1 fully saturated rings. The fourth-order valence-corrected chi connectivity index (χ4v) is 1.76. The molecule has 0 spiro atoms. The summed E-state index contributed by atoms with van der Waals surface area (Å²) in [6.07, 6.45) is 2.10. The second-order valence-electron chi connectivity index (χ2n) is 4.72. The average Bonchev–Trinajstić information content (AvgIpc) is 3.23. The minimum absolute atomic E-state index is 0.0842. The van der Waals surface area contributed by atoms with E-state index < -0.39 is 0 Å². The predicted molar refractivity (Wildman–Crippen MR) is 69.8 cm³/mol. The van der Waals surface area contributed by atoms with Crippen LogP contribution in [0.2, 0.25) is 0 Å². The molecule has 4 nitrogen and oxygen atoms in total. The van der Waals surface area contributed by atoms with Crippen molar-refractivity contribution in [2.24, 2.45) is 5.92 Å². The van der Waals surface area contributed by atoms with Crippen molar-refractivity contribution in [2.45, 2.75) is 26.0 Å². The Labute approximate surface area is 107 Å². The van der Waals surface area contributed by atoms with E-state index in [1.165, 1.54) is 5.56 Å². The number of aliphatic hydroxyl groups is 1. The molecule has 1 amide bonds. The number of benzene rings is 1. The van der Waals surface area contributed by atoms with E-state index in [-0.39, 0.29) is 18.4 Å². The van der Waals surface area contributed by atoms with Gasteiger partial charge in [0.2, 0.25) is 5.91 Å². The van der Waals surface area contributed by atoms with Crippen molar-refractivity contribution in [3.63, 3.8) is 0 Å². The van der Waals surface area contributed by atoms with Gasteiger partial charge < -0.3 is 15.7 Å². The van der Waals surface area contributed by atoms with E-state index >= 15 is 0 Å². The normalized spacial score (nSPS) is 14.5. The van der Waals surface area contributed by atoms with Gasteiger partial charge in [-0.2, -0.15) is 0 Å². The minimum atomic E-state index is 0.0842. The molecule has 0 bridgehead atoms. The summed E-state index contributed by atoms with van der Waals surface area (Å²) in [5.74, 6) is 0.486. The zero-order chi connectivity index (χ0) is 12.8. The van der Waals surface area contributed by atoms with E-state index in [0.717, 1.165) is 31.5 Å². The minimum Gasteiger partial charge on any atom is -0.392 e. The van der Waals surface area contributed by atoms with Gasteiger partial charge in [-0.05, 0) is 24.0 Å². The molecule has 1 aromatic carbocycles. The van der Waals surface area contributed by atoms with Gasteiger partial charge >= 0.3 is 0 Å². The number of hydrogen-bond acceptors (Lipinski definition) is 3. The molecule has 0 unspecified atom stereocenters. The maximum atomic E-state index is 11.3. The number of carbonyl (C=O) groups is 1. The van der Waals surface area contributed by atoms with E-state index in [9.17, 15) is 4.79 Å². The number of rotatable bonds is 7. The third-order valence-electron chi connectivity index (χ3n) is 3.08. The zero-order valence-electron chi connectivity index (χ0n) is 10.5. The van der Waals surface area contributed by atoms with E-state index in [0.29, 0.717) is 6.54 Å². The summed E-state index contributed by atoms with van der Waals surface area (Å²) in [4.78, 5) is 11.3. The molecular formula is C14H20N2O2. The summed E-state index contributed by atoms with van der Waals surface area (Å²) in [7, 11) is 0. The van der Waals surface area contributed by atoms with Crippen molar-refractivity contribution < 1.29 is 9.90 Å². The first-order valence-corrected chi connectivity index (χ1v) is 6.46. The number of amides is 1. The molecule has 0 aromatic heterocycles. The molecule has 0 radical (unpaired) electrons. The number of hydrogen-bond donors (Lipinski definition) is 3. The van der Waals surface area contributed by atoms with Gasteiger partial charge in [0.05, 0.1) is 6.61 Å². The van der Waals surface area contributed by atoms with Crippen molar-refractivity contribution >= 4 is 5.91 Å². The van der Waals surface area contributed by atoms with Crippen LogP contribution in [0.25, 0.3) is 0 Å². The molecule has 0 aliphatic heterocycles. The van der Waals surface area contributed by atoms with Crippen LogP contribution >= 0.6 is 0 Å². The highest BCUT2D eigenvalue weighted by Crippen LogP contribution is 2.28. The molecule has 0 atom stereocenters. The lowest BCUT2D eigenvalue weighted by atomic mass is 10.1. The zero-order valence-corrected chi connectivity index (χ0v) is 10.5. The van der Waals surface area contributed by atoms with Crippen LogP contribution in [0.15, 0.2) is 24.3 Å². The Morgan fingerprint density at radius 1 is 1.17 bits per heavy atom. The molecule has 0 saturated heterocycles. The SMILES string of the molecule is O=C(NCCNCc1ccc(CO)cc1)C1CC1. The Balaban J connectivity index is 1.57. The lowest BCUT2D eigenvalue weighted by Crippen LogP contribution is -2.32. The molecule has 98 valence electrons. The van der Waals surface area contributed by atoms with E-state index in [2.05, 4.69) is 10.6 Å². The summed E-state index contributed by atoms with van der Waals surface area (Å²) in [6.45, 7) is 2.33. The van der Waals surface area contributed by atoms with Gasteiger partial charge in [-0.3, -0.25) is 4.79 Å². The van der Waals surface area contributed by atoms with Gasteiger partial charge in [0.15, 0.2) is 0 Å². The summed E-state index contributed by atoms with van der Waals surface area (Å²) in [6, 6.07) is 7.85. The quantitative estimate of drug-likeness (QED) is 0.625. The topological polar surface area (TPSA) is 61.4 Å². The molecule has 1 aliphatic carbocycles. The van der Waals surface area contributed by atoms with Gasteiger partial charge in [0.1, 0.15) is 0 Å². The molecule has 4 heteroatoms. The van der Waals surface area contributed by atoms with E-state index in [1.807, 2.05) is 24.3 Å². The Kier molecular flexibility index (Phi) is 4.73. The smallest absolute Gasteiger partial charge is 0.223 e. The average molecular weight is 248 g/mol. The van der Waals surface area contributed by atoms with Crippen LogP contribution in [-0.4, -0.2) is 24.1 Å². The van der Waals surface area contributed by atoms with Crippen LogP contribution in [0.1, 0.15) is 24.0 Å². The Hall–Kier alpha value is -1.39. The second kappa shape index (κ2) is 6.52. The highest BCUT2D eigenvalue weighted by molar-refractivity contribution is 5.80. The Bertz CT molecular complexity index is 385.